The van der Waals surface area contributed by atoms with Gasteiger partial charge in [-0.1, -0.05) is 0 Å². The number of hydrogen-bond donors (Lipinski definition) is 0. The molecule has 71 valence electrons. The SMILES string of the molecule is [Te]c1cccc(C#Cc2ccccc2)c1. The first-order chi connectivity index (χ1) is 7.34. The fourth-order valence-electron chi connectivity index (χ4n) is 1.24. The van der Waals surface area contributed by atoms with Crippen LogP contribution in [0.25, 0.3) is 0 Å². The summed E-state index contributed by atoms with van der Waals surface area (Å²) in [6.07, 6.45) is 0. The first kappa shape index (κ1) is 10.3. The molecule has 0 atom stereocenters. The van der Waals surface area contributed by atoms with Crippen LogP contribution in [0.4, 0.5) is 0 Å². The predicted octanol–water partition coefficient (Wildman–Crippen LogP) is 1.88. The standard InChI is InChI=1S/C14H9Te/c15-14-8-4-7-13(11-14)10-9-12-5-2-1-3-6-12/h1-8,11H. The van der Waals surface area contributed by atoms with Crippen molar-refractivity contribution in [2.75, 3.05) is 0 Å². The summed E-state index contributed by atoms with van der Waals surface area (Å²) >= 11 is 2.01. The van der Waals surface area contributed by atoms with Gasteiger partial charge in [-0.2, -0.15) is 0 Å². The molecule has 0 spiro atoms. The van der Waals surface area contributed by atoms with E-state index in [0.29, 0.717) is 0 Å². The molecule has 0 saturated heterocycles. The van der Waals surface area contributed by atoms with Gasteiger partial charge in [-0.15, -0.1) is 0 Å². The fraction of sp³-hybridized carbons (Fsp3) is 0. The van der Waals surface area contributed by atoms with Crippen molar-refractivity contribution in [1.82, 2.24) is 0 Å². The number of benzene rings is 2. The van der Waals surface area contributed by atoms with Gasteiger partial charge >= 0.3 is 103 Å². The van der Waals surface area contributed by atoms with E-state index >= 15 is 0 Å². The van der Waals surface area contributed by atoms with Crippen LogP contribution in [0.5, 0.6) is 0 Å². The van der Waals surface area contributed by atoms with Gasteiger partial charge in [-0.05, 0) is 0 Å². The second-order valence-corrected chi connectivity index (χ2v) is 4.49. The normalized spacial score (nSPS) is 9.07. The molecule has 0 unspecified atom stereocenters. The molecular formula is C14H9Te. The van der Waals surface area contributed by atoms with Crippen molar-refractivity contribution in [2.24, 2.45) is 0 Å². The Balaban J connectivity index is 2.26. The Morgan fingerprint density at radius 2 is 1.40 bits per heavy atom. The molecule has 2 aromatic rings. The van der Waals surface area contributed by atoms with E-state index in [1.807, 2.05) is 64.8 Å². The molecule has 2 rings (SSSR count). The summed E-state index contributed by atoms with van der Waals surface area (Å²) in [5, 5.41) is 0. The van der Waals surface area contributed by atoms with Gasteiger partial charge in [-0.3, -0.25) is 0 Å². The molecule has 0 aromatic heterocycles. The molecule has 15 heavy (non-hydrogen) atoms. The van der Waals surface area contributed by atoms with Crippen molar-refractivity contribution in [3.05, 3.63) is 65.7 Å². The topological polar surface area (TPSA) is 0 Å². The molecule has 0 amide bonds. The average molecular weight is 305 g/mol. The third-order valence-electron chi connectivity index (χ3n) is 1.96. The van der Waals surface area contributed by atoms with Gasteiger partial charge in [0.2, 0.25) is 0 Å². The van der Waals surface area contributed by atoms with E-state index in [1.54, 1.807) is 0 Å². The summed E-state index contributed by atoms with van der Waals surface area (Å²) in [4.78, 5) is 0. The molecule has 0 aliphatic heterocycles. The summed E-state index contributed by atoms with van der Waals surface area (Å²) < 4.78 is 1.26. The Labute approximate surface area is 103 Å². The summed E-state index contributed by atoms with van der Waals surface area (Å²) in [5.74, 6) is 6.29. The second kappa shape index (κ2) is 5.04. The van der Waals surface area contributed by atoms with Crippen molar-refractivity contribution >= 4 is 25.9 Å². The molecule has 0 fully saturated rings. The van der Waals surface area contributed by atoms with Crippen LogP contribution < -0.4 is 3.61 Å². The van der Waals surface area contributed by atoms with E-state index in [1.165, 1.54) is 3.61 Å². The maximum absolute atomic E-state index is 3.15. The Kier molecular flexibility index (Phi) is 3.46. The molecule has 0 N–H and O–H groups in total. The number of rotatable bonds is 0. The van der Waals surface area contributed by atoms with Crippen molar-refractivity contribution in [3.63, 3.8) is 0 Å². The Bertz CT molecular complexity index is 504. The van der Waals surface area contributed by atoms with Gasteiger partial charge in [0.1, 0.15) is 0 Å². The molecule has 0 nitrogen and oxygen atoms in total. The van der Waals surface area contributed by atoms with Crippen molar-refractivity contribution < 1.29 is 0 Å². The van der Waals surface area contributed by atoms with Crippen molar-refractivity contribution in [2.45, 2.75) is 0 Å². The van der Waals surface area contributed by atoms with Gasteiger partial charge in [0.15, 0.2) is 0 Å². The van der Waals surface area contributed by atoms with Crippen molar-refractivity contribution in [1.29, 1.82) is 0 Å². The summed E-state index contributed by atoms with van der Waals surface area (Å²) in [5.41, 5.74) is 2.13. The zero-order valence-electron chi connectivity index (χ0n) is 8.10. The van der Waals surface area contributed by atoms with E-state index in [4.69, 9.17) is 0 Å². The molecule has 0 heterocycles. The number of hydrogen-bond acceptors (Lipinski definition) is 0. The summed E-state index contributed by atoms with van der Waals surface area (Å²) in [6.45, 7) is 0. The zero-order chi connectivity index (χ0) is 10.5. The third kappa shape index (κ3) is 3.14. The predicted molar refractivity (Wildman–Crippen MR) is 64.3 cm³/mol. The fourth-order valence-corrected chi connectivity index (χ4v) is 1.83. The van der Waals surface area contributed by atoms with Gasteiger partial charge in [0.25, 0.3) is 0 Å². The zero-order valence-corrected chi connectivity index (χ0v) is 10.4. The molecule has 2 aromatic carbocycles. The molecule has 0 saturated carbocycles. The van der Waals surface area contributed by atoms with Gasteiger partial charge < -0.3 is 0 Å². The Hall–Kier alpha value is -1.21. The molecule has 1 radical (unpaired) electrons. The molecular weight excluding hydrogens is 296 g/mol. The quantitative estimate of drug-likeness (QED) is 0.515. The third-order valence-corrected chi connectivity index (χ3v) is 2.68. The first-order valence-electron chi connectivity index (χ1n) is 4.69. The maximum atomic E-state index is 3.15. The van der Waals surface area contributed by atoms with E-state index in [9.17, 15) is 0 Å². The van der Waals surface area contributed by atoms with E-state index in [0.717, 1.165) is 11.1 Å². The average Bonchev–Trinajstić information content (AvgIpc) is 2.28. The van der Waals surface area contributed by atoms with Gasteiger partial charge in [-0.25, -0.2) is 0 Å². The molecule has 0 bridgehead atoms. The van der Waals surface area contributed by atoms with Crippen LogP contribution >= 0.6 is 0 Å². The Morgan fingerprint density at radius 3 is 2.13 bits per heavy atom. The van der Waals surface area contributed by atoms with Crippen LogP contribution in [0.2, 0.25) is 0 Å². The van der Waals surface area contributed by atoms with E-state index in [2.05, 4.69) is 24.0 Å². The minimum absolute atomic E-state index is 1.06. The Morgan fingerprint density at radius 1 is 0.733 bits per heavy atom. The van der Waals surface area contributed by atoms with Crippen LogP contribution in [-0.2, 0) is 0 Å². The van der Waals surface area contributed by atoms with Crippen LogP contribution in [0.1, 0.15) is 11.1 Å². The van der Waals surface area contributed by atoms with Crippen molar-refractivity contribution in [3.8, 4) is 11.8 Å². The van der Waals surface area contributed by atoms with Crippen LogP contribution in [0.15, 0.2) is 54.6 Å². The van der Waals surface area contributed by atoms with Gasteiger partial charge in [0, 0.05) is 0 Å². The summed E-state index contributed by atoms with van der Waals surface area (Å²) in [7, 11) is 0. The molecule has 0 aliphatic carbocycles. The molecule has 1 heteroatoms. The van der Waals surface area contributed by atoms with Gasteiger partial charge in [0.05, 0.1) is 0 Å². The van der Waals surface area contributed by atoms with Crippen LogP contribution in [0.3, 0.4) is 0 Å². The van der Waals surface area contributed by atoms with Crippen LogP contribution in [-0.4, -0.2) is 22.3 Å². The minimum atomic E-state index is 1.06. The van der Waals surface area contributed by atoms with E-state index in [-0.39, 0.29) is 0 Å². The second-order valence-electron chi connectivity index (χ2n) is 3.14. The van der Waals surface area contributed by atoms with Crippen LogP contribution in [0, 0.1) is 11.8 Å². The monoisotopic (exact) mass is 307 g/mol. The first-order valence-corrected chi connectivity index (χ1v) is 5.85. The van der Waals surface area contributed by atoms with E-state index < -0.39 is 0 Å². The molecule has 0 aliphatic rings. The summed E-state index contributed by atoms with van der Waals surface area (Å²) in [6, 6.07) is 18.3.